The van der Waals surface area contributed by atoms with Crippen LogP contribution in [0.5, 0.6) is 0 Å². The number of carbonyl (C=O) groups is 1. The molecule has 0 spiro atoms. The van der Waals surface area contributed by atoms with Gasteiger partial charge in [-0.25, -0.2) is 4.39 Å². The van der Waals surface area contributed by atoms with Gasteiger partial charge in [0.1, 0.15) is 5.82 Å². The first kappa shape index (κ1) is 14.0. The summed E-state index contributed by atoms with van der Waals surface area (Å²) in [5, 5.41) is 2.60. The zero-order valence-corrected chi connectivity index (χ0v) is 12.8. The summed E-state index contributed by atoms with van der Waals surface area (Å²) in [6.07, 6.45) is 0. The van der Waals surface area contributed by atoms with Gasteiger partial charge in [0.25, 0.3) is 5.91 Å². The van der Waals surface area contributed by atoms with Crippen molar-refractivity contribution in [2.75, 3.05) is 11.1 Å². The minimum Gasteiger partial charge on any atom is -0.396 e. The summed E-state index contributed by atoms with van der Waals surface area (Å²) >= 11 is 6.60. The highest BCUT2D eigenvalue weighted by Gasteiger charge is 2.09. The summed E-state index contributed by atoms with van der Waals surface area (Å²) in [5.74, 6) is -0.889. The SMILES string of the molecule is Nc1ccc(NC(=O)c2cc(Br)cc(Br)c2)cc1F. The summed E-state index contributed by atoms with van der Waals surface area (Å²) in [7, 11) is 0. The smallest absolute Gasteiger partial charge is 0.255 e. The minimum absolute atomic E-state index is 0.0446. The molecule has 2 aromatic rings. The van der Waals surface area contributed by atoms with E-state index in [9.17, 15) is 9.18 Å². The van der Waals surface area contributed by atoms with Crippen molar-refractivity contribution in [2.45, 2.75) is 0 Å². The lowest BCUT2D eigenvalue weighted by Crippen LogP contribution is -2.12. The molecule has 2 aromatic carbocycles. The maximum Gasteiger partial charge on any atom is 0.255 e. The number of halogens is 3. The molecule has 3 nitrogen and oxygen atoms in total. The molecule has 0 unspecified atom stereocenters. The van der Waals surface area contributed by atoms with Gasteiger partial charge in [0.15, 0.2) is 0 Å². The summed E-state index contributed by atoms with van der Waals surface area (Å²) in [6, 6.07) is 9.30. The molecule has 2 rings (SSSR count). The second kappa shape index (κ2) is 5.71. The van der Waals surface area contributed by atoms with Crippen molar-refractivity contribution in [3.05, 3.63) is 56.7 Å². The van der Waals surface area contributed by atoms with E-state index in [0.717, 1.165) is 8.95 Å². The molecular formula is C13H9Br2FN2O. The largest absolute Gasteiger partial charge is 0.396 e. The van der Waals surface area contributed by atoms with Gasteiger partial charge < -0.3 is 11.1 Å². The highest BCUT2D eigenvalue weighted by atomic mass is 79.9. The van der Waals surface area contributed by atoms with Crippen LogP contribution >= 0.6 is 31.9 Å². The summed E-state index contributed by atoms with van der Waals surface area (Å²) in [6.45, 7) is 0. The van der Waals surface area contributed by atoms with Crippen LogP contribution in [0.4, 0.5) is 15.8 Å². The molecule has 0 atom stereocenters. The number of hydrogen-bond acceptors (Lipinski definition) is 2. The molecule has 0 bridgehead atoms. The van der Waals surface area contributed by atoms with Gasteiger partial charge in [0.2, 0.25) is 0 Å². The van der Waals surface area contributed by atoms with Gasteiger partial charge in [-0.15, -0.1) is 0 Å². The zero-order chi connectivity index (χ0) is 14.0. The number of benzene rings is 2. The lowest BCUT2D eigenvalue weighted by molar-refractivity contribution is 0.102. The molecule has 0 aliphatic rings. The van der Waals surface area contributed by atoms with Crippen molar-refractivity contribution in [1.29, 1.82) is 0 Å². The third-order valence-electron chi connectivity index (χ3n) is 2.38. The first-order chi connectivity index (χ1) is 8.95. The van der Waals surface area contributed by atoms with Crippen molar-refractivity contribution in [3.63, 3.8) is 0 Å². The van der Waals surface area contributed by atoms with Crippen LogP contribution < -0.4 is 11.1 Å². The Hall–Kier alpha value is -1.40. The molecule has 0 aliphatic carbocycles. The molecule has 0 aliphatic heterocycles. The van der Waals surface area contributed by atoms with E-state index >= 15 is 0 Å². The second-order valence-corrected chi connectivity index (χ2v) is 5.68. The molecule has 1 amide bonds. The Balaban J connectivity index is 2.22. The maximum absolute atomic E-state index is 13.3. The van der Waals surface area contributed by atoms with Gasteiger partial charge >= 0.3 is 0 Å². The number of rotatable bonds is 2. The quantitative estimate of drug-likeness (QED) is 0.759. The number of hydrogen-bond donors (Lipinski definition) is 2. The molecule has 0 saturated carbocycles. The van der Waals surface area contributed by atoms with Crippen LogP contribution in [0.25, 0.3) is 0 Å². The van der Waals surface area contributed by atoms with E-state index in [2.05, 4.69) is 37.2 Å². The number of amides is 1. The molecule has 0 aromatic heterocycles. The van der Waals surface area contributed by atoms with E-state index < -0.39 is 5.82 Å². The number of nitrogens with two attached hydrogens (primary N) is 1. The fourth-order valence-corrected chi connectivity index (χ4v) is 2.79. The van der Waals surface area contributed by atoms with Gasteiger partial charge in [0.05, 0.1) is 5.69 Å². The van der Waals surface area contributed by atoms with Gasteiger partial charge in [-0.2, -0.15) is 0 Å². The van der Waals surface area contributed by atoms with Crippen molar-refractivity contribution >= 4 is 49.1 Å². The Morgan fingerprint density at radius 3 is 2.32 bits per heavy atom. The van der Waals surface area contributed by atoms with Crippen LogP contribution in [0.1, 0.15) is 10.4 Å². The van der Waals surface area contributed by atoms with E-state index in [1.165, 1.54) is 12.1 Å². The van der Waals surface area contributed by atoms with Crippen LogP contribution in [-0.2, 0) is 0 Å². The van der Waals surface area contributed by atoms with Crippen LogP contribution in [-0.4, -0.2) is 5.91 Å². The topological polar surface area (TPSA) is 55.1 Å². The monoisotopic (exact) mass is 386 g/mol. The fourth-order valence-electron chi connectivity index (χ4n) is 1.49. The molecular weight excluding hydrogens is 379 g/mol. The van der Waals surface area contributed by atoms with Crippen molar-refractivity contribution in [3.8, 4) is 0 Å². The summed E-state index contributed by atoms with van der Waals surface area (Å²) in [4.78, 5) is 12.0. The van der Waals surface area contributed by atoms with E-state index in [4.69, 9.17) is 5.73 Å². The van der Waals surface area contributed by atoms with Gasteiger partial charge in [-0.1, -0.05) is 31.9 Å². The summed E-state index contributed by atoms with van der Waals surface area (Å²) in [5.41, 5.74) is 6.23. The van der Waals surface area contributed by atoms with Crippen LogP contribution in [0.15, 0.2) is 45.3 Å². The lowest BCUT2D eigenvalue weighted by Gasteiger charge is -2.07. The molecule has 6 heteroatoms. The molecule has 0 fully saturated rings. The van der Waals surface area contributed by atoms with E-state index in [0.29, 0.717) is 11.3 Å². The van der Waals surface area contributed by atoms with Gasteiger partial charge in [-0.3, -0.25) is 4.79 Å². The molecule has 19 heavy (non-hydrogen) atoms. The van der Waals surface area contributed by atoms with Crippen LogP contribution in [0.3, 0.4) is 0 Å². The predicted octanol–water partition coefficient (Wildman–Crippen LogP) is 4.19. The van der Waals surface area contributed by atoms with E-state index in [1.807, 2.05) is 6.07 Å². The Labute approximate surface area is 126 Å². The maximum atomic E-state index is 13.3. The Morgan fingerprint density at radius 2 is 1.74 bits per heavy atom. The zero-order valence-electron chi connectivity index (χ0n) is 9.58. The lowest BCUT2D eigenvalue weighted by atomic mass is 10.2. The first-order valence-electron chi connectivity index (χ1n) is 5.28. The molecule has 0 saturated heterocycles. The average molecular weight is 388 g/mol. The van der Waals surface area contributed by atoms with E-state index in [1.54, 1.807) is 18.2 Å². The Kier molecular flexibility index (Phi) is 4.21. The third-order valence-corrected chi connectivity index (χ3v) is 3.30. The highest BCUT2D eigenvalue weighted by Crippen LogP contribution is 2.22. The number of nitrogen functional groups attached to an aromatic ring is 1. The Bertz CT molecular complexity index is 626. The summed E-state index contributed by atoms with van der Waals surface area (Å²) < 4.78 is 14.8. The normalized spacial score (nSPS) is 10.3. The predicted molar refractivity (Wildman–Crippen MR) is 80.6 cm³/mol. The molecule has 98 valence electrons. The van der Waals surface area contributed by atoms with Gasteiger partial charge in [0, 0.05) is 20.2 Å². The highest BCUT2D eigenvalue weighted by molar-refractivity contribution is 9.11. The average Bonchev–Trinajstić information content (AvgIpc) is 2.32. The number of nitrogens with one attached hydrogen (secondary N) is 1. The third kappa shape index (κ3) is 3.54. The number of carbonyl (C=O) groups excluding carboxylic acids is 1. The van der Waals surface area contributed by atoms with Gasteiger partial charge in [-0.05, 0) is 36.4 Å². The molecule has 3 N–H and O–H groups in total. The number of anilines is 2. The fraction of sp³-hybridized carbons (Fsp3) is 0. The molecule has 0 heterocycles. The van der Waals surface area contributed by atoms with Crippen molar-refractivity contribution in [2.24, 2.45) is 0 Å². The van der Waals surface area contributed by atoms with Crippen LogP contribution in [0, 0.1) is 5.82 Å². The van der Waals surface area contributed by atoms with E-state index in [-0.39, 0.29) is 11.6 Å². The Morgan fingerprint density at radius 1 is 1.11 bits per heavy atom. The first-order valence-corrected chi connectivity index (χ1v) is 6.87. The molecule has 0 radical (unpaired) electrons. The van der Waals surface area contributed by atoms with Crippen molar-refractivity contribution < 1.29 is 9.18 Å². The standard InChI is InChI=1S/C13H9Br2FN2O/c14-8-3-7(4-9(15)5-8)13(19)18-10-1-2-12(17)11(16)6-10/h1-6H,17H2,(H,18,19). The van der Waals surface area contributed by atoms with Crippen molar-refractivity contribution in [1.82, 2.24) is 0 Å². The minimum atomic E-state index is -0.562. The second-order valence-electron chi connectivity index (χ2n) is 3.85. The van der Waals surface area contributed by atoms with Crippen LogP contribution in [0.2, 0.25) is 0 Å².